The lowest BCUT2D eigenvalue weighted by Gasteiger charge is -2.02. The Morgan fingerprint density at radius 1 is 1.57 bits per heavy atom. The zero-order valence-corrected chi connectivity index (χ0v) is 9.48. The van der Waals surface area contributed by atoms with Crippen LogP contribution >= 0.6 is 11.6 Å². The number of hydrogen-bond donors (Lipinski definition) is 1. The monoisotopic (exact) mass is 239 g/mol. The number of aryl methyl sites for hydroxylation is 2. The molecule has 14 heavy (non-hydrogen) atoms. The van der Waals surface area contributed by atoms with Crippen LogP contribution in [-0.2, 0) is 21.9 Å². The van der Waals surface area contributed by atoms with Gasteiger partial charge in [-0.15, -0.1) is 0 Å². The van der Waals surface area contributed by atoms with E-state index in [2.05, 4.69) is 9.94 Å². The molecule has 1 heterocycles. The third-order valence-electron chi connectivity index (χ3n) is 1.56. The van der Waals surface area contributed by atoms with Crippen molar-refractivity contribution in [1.29, 1.82) is 0 Å². The summed E-state index contributed by atoms with van der Waals surface area (Å²) < 4.78 is 24.3. The molecule has 0 aliphatic carbocycles. The lowest BCUT2D eigenvalue weighted by Crippen LogP contribution is -2.23. The van der Waals surface area contributed by atoms with Crippen molar-refractivity contribution < 1.29 is 13.3 Å². The zero-order valence-electron chi connectivity index (χ0n) is 7.91. The van der Waals surface area contributed by atoms with E-state index in [0.717, 1.165) is 0 Å². The Morgan fingerprint density at radius 3 is 2.50 bits per heavy atom. The molecule has 0 saturated heterocycles. The Morgan fingerprint density at radius 2 is 2.14 bits per heavy atom. The van der Waals surface area contributed by atoms with Gasteiger partial charge in [-0.25, -0.2) is 8.42 Å². The highest BCUT2D eigenvalue weighted by molar-refractivity contribution is 7.89. The van der Waals surface area contributed by atoms with E-state index in [1.165, 1.54) is 11.8 Å². The smallest absolute Gasteiger partial charge is 0.267 e. The summed E-state index contributed by atoms with van der Waals surface area (Å²) in [7, 11) is -0.976. The normalized spacial score (nSPS) is 12.0. The summed E-state index contributed by atoms with van der Waals surface area (Å²) in [6.45, 7) is 1.55. The van der Waals surface area contributed by atoms with Crippen molar-refractivity contribution in [2.75, 3.05) is 7.11 Å². The van der Waals surface area contributed by atoms with E-state index in [9.17, 15) is 8.42 Å². The number of nitrogens with one attached hydrogen (secondary N) is 1. The van der Waals surface area contributed by atoms with Crippen molar-refractivity contribution in [3.63, 3.8) is 0 Å². The van der Waals surface area contributed by atoms with Crippen molar-refractivity contribution in [2.24, 2.45) is 7.05 Å². The first-order chi connectivity index (χ1) is 6.40. The number of nitrogens with zero attached hydrogens (tertiary/aromatic N) is 2. The minimum Gasteiger partial charge on any atom is -0.290 e. The molecule has 1 N–H and O–H groups in total. The van der Waals surface area contributed by atoms with Crippen molar-refractivity contribution in [2.45, 2.75) is 11.8 Å². The van der Waals surface area contributed by atoms with Gasteiger partial charge in [0.25, 0.3) is 10.0 Å². The van der Waals surface area contributed by atoms with Crippen LogP contribution in [0.2, 0.25) is 5.15 Å². The molecule has 0 aliphatic rings. The molecule has 0 unspecified atom stereocenters. The lowest BCUT2D eigenvalue weighted by molar-refractivity contribution is 0.153. The topological polar surface area (TPSA) is 73.2 Å². The Balaban J connectivity index is 3.32. The van der Waals surface area contributed by atoms with Gasteiger partial charge in [-0.2, -0.15) is 5.10 Å². The SMILES string of the molecule is CONS(=O)(=O)c1c(C)nn(C)c1Cl. The third kappa shape index (κ3) is 1.90. The van der Waals surface area contributed by atoms with E-state index in [1.807, 2.05) is 4.89 Å². The van der Waals surface area contributed by atoms with Crippen LogP contribution in [0.25, 0.3) is 0 Å². The summed E-state index contributed by atoms with van der Waals surface area (Å²) in [5.74, 6) is 0. The number of aromatic nitrogens is 2. The van der Waals surface area contributed by atoms with E-state index in [0.29, 0.717) is 5.69 Å². The van der Waals surface area contributed by atoms with E-state index >= 15 is 0 Å². The van der Waals surface area contributed by atoms with Crippen LogP contribution in [0.4, 0.5) is 0 Å². The van der Waals surface area contributed by atoms with Crippen LogP contribution in [0.5, 0.6) is 0 Å². The van der Waals surface area contributed by atoms with Crippen molar-refractivity contribution in [3.8, 4) is 0 Å². The third-order valence-corrected chi connectivity index (χ3v) is 3.52. The summed E-state index contributed by atoms with van der Waals surface area (Å²) in [5.41, 5.74) is 0.321. The molecule has 0 aromatic carbocycles. The molecule has 1 aromatic heterocycles. The molecule has 8 heteroatoms. The summed E-state index contributed by atoms with van der Waals surface area (Å²) >= 11 is 5.76. The van der Waals surface area contributed by atoms with Crippen molar-refractivity contribution in [1.82, 2.24) is 14.7 Å². The maximum atomic E-state index is 11.5. The molecule has 80 valence electrons. The molecule has 0 spiro atoms. The van der Waals surface area contributed by atoms with E-state index in [4.69, 9.17) is 11.6 Å². The molecule has 0 aliphatic heterocycles. The minimum absolute atomic E-state index is 0.0482. The van der Waals surface area contributed by atoms with Crippen molar-refractivity contribution >= 4 is 21.6 Å². The largest absolute Gasteiger partial charge is 0.290 e. The van der Waals surface area contributed by atoms with Gasteiger partial charge in [0, 0.05) is 7.05 Å². The quantitative estimate of drug-likeness (QED) is 0.766. The van der Waals surface area contributed by atoms with Gasteiger partial charge >= 0.3 is 0 Å². The minimum atomic E-state index is -3.74. The summed E-state index contributed by atoms with van der Waals surface area (Å²) in [4.78, 5) is 6.15. The number of hydrogen-bond acceptors (Lipinski definition) is 4. The van der Waals surface area contributed by atoms with Gasteiger partial charge in [0.05, 0.1) is 12.8 Å². The van der Waals surface area contributed by atoms with E-state index in [1.54, 1.807) is 14.0 Å². The van der Waals surface area contributed by atoms with Gasteiger partial charge in [0.2, 0.25) is 0 Å². The maximum Gasteiger partial charge on any atom is 0.267 e. The second-order valence-electron chi connectivity index (χ2n) is 2.62. The fourth-order valence-corrected chi connectivity index (χ4v) is 2.63. The Bertz CT molecular complexity index is 439. The Labute approximate surface area is 86.8 Å². The van der Waals surface area contributed by atoms with Crippen LogP contribution in [0.3, 0.4) is 0 Å². The second kappa shape index (κ2) is 3.85. The molecule has 0 amide bonds. The zero-order chi connectivity index (χ0) is 10.9. The lowest BCUT2D eigenvalue weighted by atomic mass is 10.5. The van der Waals surface area contributed by atoms with Gasteiger partial charge in [0.1, 0.15) is 10.0 Å². The number of sulfonamides is 1. The van der Waals surface area contributed by atoms with Crippen LogP contribution in [0.1, 0.15) is 5.69 Å². The maximum absolute atomic E-state index is 11.5. The molecular weight excluding hydrogens is 230 g/mol. The summed E-state index contributed by atoms with van der Waals surface area (Å²) in [6, 6.07) is 0. The molecular formula is C6H10ClN3O3S. The molecule has 0 bridgehead atoms. The molecule has 6 nitrogen and oxygen atoms in total. The average molecular weight is 240 g/mol. The first kappa shape index (κ1) is 11.4. The van der Waals surface area contributed by atoms with Crippen molar-refractivity contribution in [3.05, 3.63) is 10.8 Å². The molecule has 1 rings (SSSR count). The fourth-order valence-electron chi connectivity index (χ4n) is 1.07. The van der Waals surface area contributed by atoms with Gasteiger partial charge in [0.15, 0.2) is 0 Å². The molecule has 0 atom stereocenters. The van der Waals surface area contributed by atoms with Crippen LogP contribution in [-0.4, -0.2) is 25.3 Å². The van der Waals surface area contributed by atoms with E-state index in [-0.39, 0.29) is 10.0 Å². The van der Waals surface area contributed by atoms with Gasteiger partial charge in [-0.1, -0.05) is 16.5 Å². The highest BCUT2D eigenvalue weighted by Gasteiger charge is 2.24. The molecule has 0 fully saturated rings. The molecule has 0 saturated carbocycles. The highest BCUT2D eigenvalue weighted by Crippen LogP contribution is 2.23. The van der Waals surface area contributed by atoms with Crippen LogP contribution < -0.4 is 4.89 Å². The summed E-state index contributed by atoms with van der Waals surface area (Å²) in [6.07, 6.45) is 0. The molecule has 0 radical (unpaired) electrons. The average Bonchev–Trinajstić information content (AvgIpc) is 2.26. The Kier molecular flexibility index (Phi) is 3.15. The van der Waals surface area contributed by atoms with E-state index < -0.39 is 10.0 Å². The highest BCUT2D eigenvalue weighted by atomic mass is 35.5. The molecule has 1 aromatic rings. The number of rotatable bonds is 3. The Hall–Kier alpha value is -0.630. The second-order valence-corrected chi connectivity index (χ2v) is 4.56. The standard InChI is InChI=1S/C6H10ClN3O3S/c1-4-5(6(7)10(2)8-4)14(11,12)9-13-3/h9H,1-3H3. The van der Waals surface area contributed by atoms with Gasteiger partial charge < -0.3 is 0 Å². The predicted octanol–water partition coefficient (Wildman–Crippen LogP) is 0.222. The van der Waals surface area contributed by atoms with Crippen LogP contribution in [0, 0.1) is 6.92 Å². The predicted molar refractivity (Wildman–Crippen MR) is 50.3 cm³/mol. The first-order valence-corrected chi connectivity index (χ1v) is 5.50. The fraction of sp³-hybridized carbons (Fsp3) is 0.500. The van der Waals surface area contributed by atoms with Gasteiger partial charge in [-0.05, 0) is 6.92 Å². The summed E-state index contributed by atoms with van der Waals surface area (Å²) in [5, 5.41) is 3.92. The van der Waals surface area contributed by atoms with Crippen LogP contribution in [0.15, 0.2) is 4.90 Å². The number of halogens is 1. The first-order valence-electron chi connectivity index (χ1n) is 3.64. The van der Waals surface area contributed by atoms with Gasteiger partial charge in [-0.3, -0.25) is 9.52 Å².